The summed E-state index contributed by atoms with van der Waals surface area (Å²) in [6.07, 6.45) is 0.849. The Labute approximate surface area is 148 Å². The summed E-state index contributed by atoms with van der Waals surface area (Å²) >= 11 is 0. The number of imide groups is 1. The first-order chi connectivity index (χ1) is 11.8. The van der Waals surface area contributed by atoms with Crippen molar-refractivity contribution in [2.75, 3.05) is 26.7 Å². The van der Waals surface area contributed by atoms with Gasteiger partial charge in [-0.3, -0.25) is 14.5 Å². The van der Waals surface area contributed by atoms with Crippen LogP contribution in [-0.2, 0) is 21.5 Å². The lowest BCUT2D eigenvalue weighted by atomic mass is 9.78. The van der Waals surface area contributed by atoms with Gasteiger partial charge in [-0.25, -0.2) is 4.79 Å². The predicted molar refractivity (Wildman–Crippen MR) is 93.9 cm³/mol. The van der Waals surface area contributed by atoms with E-state index in [1.54, 1.807) is 7.05 Å². The largest absolute Gasteiger partial charge is 0.337 e. The lowest BCUT2D eigenvalue weighted by Gasteiger charge is -2.40. The number of carbonyl (C=O) groups is 3. The van der Waals surface area contributed by atoms with Gasteiger partial charge in [0.2, 0.25) is 11.8 Å². The highest BCUT2D eigenvalue weighted by Gasteiger charge is 2.35. The molecule has 2 aliphatic rings. The van der Waals surface area contributed by atoms with Crippen molar-refractivity contribution in [3.05, 3.63) is 35.4 Å². The van der Waals surface area contributed by atoms with Gasteiger partial charge in [0.15, 0.2) is 0 Å². The normalized spacial score (nSPS) is 19.4. The van der Waals surface area contributed by atoms with Gasteiger partial charge in [-0.2, -0.15) is 0 Å². The number of amides is 4. The molecular formula is C19H25N3O3. The number of urea groups is 1. The predicted octanol–water partition coefficient (Wildman–Crippen LogP) is 1.98. The van der Waals surface area contributed by atoms with E-state index in [1.807, 2.05) is 17.0 Å². The van der Waals surface area contributed by atoms with Gasteiger partial charge in [0.05, 0.1) is 0 Å². The minimum absolute atomic E-state index is 0.0753. The van der Waals surface area contributed by atoms with Crippen molar-refractivity contribution >= 4 is 17.8 Å². The van der Waals surface area contributed by atoms with Crippen LogP contribution in [0.1, 0.15) is 37.8 Å². The van der Waals surface area contributed by atoms with Gasteiger partial charge in [0, 0.05) is 38.5 Å². The average Bonchev–Trinajstić information content (AvgIpc) is 2.80. The molecule has 0 bridgehead atoms. The van der Waals surface area contributed by atoms with E-state index in [4.69, 9.17) is 0 Å². The number of fused-ring (bicyclic) bond motifs is 1. The van der Waals surface area contributed by atoms with Crippen molar-refractivity contribution in [3.63, 3.8) is 0 Å². The van der Waals surface area contributed by atoms with E-state index in [0.717, 1.165) is 0 Å². The third kappa shape index (κ3) is 3.38. The van der Waals surface area contributed by atoms with Gasteiger partial charge in [-0.15, -0.1) is 0 Å². The number of rotatable bonds is 4. The number of hydrogen-bond acceptors (Lipinski definition) is 3. The van der Waals surface area contributed by atoms with Crippen molar-refractivity contribution in [1.29, 1.82) is 0 Å². The summed E-state index contributed by atoms with van der Waals surface area (Å²) in [6, 6.07) is 7.99. The summed E-state index contributed by atoms with van der Waals surface area (Å²) in [4.78, 5) is 40.8. The molecule has 1 aromatic rings. The maximum Gasteiger partial charge on any atom is 0.326 e. The van der Waals surface area contributed by atoms with Crippen LogP contribution < -0.4 is 0 Å². The lowest BCUT2D eigenvalue weighted by Crippen LogP contribution is -2.45. The van der Waals surface area contributed by atoms with E-state index >= 15 is 0 Å². The highest BCUT2D eigenvalue weighted by atomic mass is 16.2. The van der Waals surface area contributed by atoms with Crippen molar-refractivity contribution in [3.8, 4) is 0 Å². The second-order valence-corrected chi connectivity index (χ2v) is 7.58. The van der Waals surface area contributed by atoms with E-state index in [2.05, 4.69) is 26.0 Å². The van der Waals surface area contributed by atoms with Crippen LogP contribution in [0.3, 0.4) is 0 Å². The second-order valence-electron chi connectivity index (χ2n) is 7.58. The quantitative estimate of drug-likeness (QED) is 0.786. The first-order valence-electron chi connectivity index (χ1n) is 8.71. The fourth-order valence-electron chi connectivity index (χ4n) is 3.75. The number of carbonyl (C=O) groups excluding carboxylic acids is 3. The first kappa shape index (κ1) is 17.5. The minimum Gasteiger partial charge on any atom is -0.337 e. The van der Waals surface area contributed by atoms with Gasteiger partial charge in [-0.05, 0) is 17.5 Å². The maximum absolute atomic E-state index is 12.6. The summed E-state index contributed by atoms with van der Waals surface area (Å²) < 4.78 is 0. The van der Waals surface area contributed by atoms with E-state index in [1.165, 1.54) is 20.9 Å². The van der Waals surface area contributed by atoms with Crippen LogP contribution in [0.15, 0.2) is 24.3 Å². The Bertz CT molecular complexity index is 714. The lowest BCUT2D eigenvalue weighted by molar-refractivity contribution is -0.133. The summed E-state index contributed by atoms with van der Waals surface area (Å²) in [5, 5.41) is 0. The van der Waals surface area contributed by atoms with Crippen LogP contribution in [0.4, 0.5) is 4.79 Å². The molecule has 3 rings (SSSR count). The molecule has 2 heterocycles. The molecule has 6 nitrogen and oxygen atoms in total. The summed E-state index contributed by atoms with van der Waals surface area (Å²) in [7, 11) is 1.61. The zero-order chi connectivity index (χ0) is 18.2. The van der Waals surface area contributed by atoms with Crippen LogP contribution >= 0.6 is 0 Å². The van der Waals surface area contributed by atoms with Gasteiger partial charge in [-0.1, -0.05) is 38.1 Å². The molecule has 1 fully saturated rings. The topological polar surface area (TPSA) is 60.9 Å². The number of hydrogen-bond donors (Lipinski definition) is 0. The molecule has 2 aliphatic heterocycles. The van der Waals surface area contributed by atoms with Gasteiger partial charge in [0.25, 0.3) is 0 Å². The van der Waals surface area contributed by atoms with Crippen LogP contribution in [0.5, 0.6) is 0 Å². The maximum atomic E-state index is 12.6. The Balaban J connectivity index is 1.58. The van der Waals surface area contributed by atoms with Crippen LogP contribution in [0.2, 0.25) is 0 Å². The average molecular weight is 343 g/mol. The SMILES string of the molecule is CN1CC(=O)N(CCCC(=O)N2Cc3ccccc3C(C)(C)C2)C1=O. The Hall–Kier alpha value is -2.37. The first-order valence-corrected chi connectivity index (χ1v) is 8.71. The Morgan fingerprint density at radius 3 is 2.56 bits per heavy atom. The molecule has 0 N–H and O–H groups in total. The molecule has 6 heteroatoms. The molecule has 134 valence electrons. The standard InChI is InChI=1S/C19H25N3O3/c1-19(2)13-21(11-14-7-4-5-8-15(14)19)16(23)9-6-10-22-17(24)12-20(3)18(22)25/h4-5,7-8H,6,9-13H2,1-3H3. The molecule has 4 amide bonds. The summed E-state index contributed by atoms with van der Waals surface area (Å²) in [5.74, 6) is -0.108. The van der Waals surface area contributed by atoms with E-state index in [0.29, 0.717) is 32.5 Å². The molecule has 0 spiro atoms. The van der Waals surface area contributed by atoms with Crippen molar-refractivity contribution in [2.45, 2.75) is 38.6 Å². The molecule has 0 aliphatic carbocycles. The van der Waals surface area contributed by atoms with E-state index in [-0.39, 0.29) is 29.8 Å². The molecular weight excluding hydrogens is 318 g/mol. The Kier molecular flexibility index (Phi) is 4.54. The summed E-state index contributed by atoms with van der Waals surface area (Å²) in [5.41, 5.74) is 2.42. The molecule has 0 radical (unpaired) electrons. The number of nitrogens with zero attached hydrogens (tertiary/aromatic N) is 3. The van der Waals surface area contributed by atoms with Crippen molar-refractivity contribution < 1.29 is 14.4 Å². The molecule has 1 saturated heterocycles. The van der Waals surface area contributed by atoms with Crippen LogP contribution in [-0.4, -0.2) is 59.2 Å². The van der Waals surface area contributed by atoms with E-state index in [9.17, 15) is 14.4 Å². The smallest absolute Gasteiger partial charge is 0.326 e. The monoisotopic (exact) mass is 343 g/mol. The molecule has 25 heavy (non-hydrogen) atoms. The second kappa shape index (κ2) is 6.50. The number of likely N-dealkylation sites (N-methyl/N-ethyl adjacent to an activating group) is 1. The van der Waals surface area contributed by atoms with Crippen LogP contribution in [0, 0.1) is 0 Å². The third-order valence-corrected chi connectivity index (χ3v) is 5.05. The fraction of sp³-hybridized carbons (Fsp3) is 0.526. The molecule has 1 aromatic carbocycles. The molecule has 0 atom stereocenters. The highest BCUT2D eigenvalue weighted by Crippen LogP contribution is 2.33. The van der Waals surface area contributed by atoms with Gasteiger partial charge >= 0.3 is 6.03 Å². The van der Waals surface area contributed by atoms with E-state index < -0.39 is 0 Å². The van der Waals surface area contributed by atoms with Crippen LogP contribution in [0.25, 0.3) is 0 Å². The Morgan fingerprint density at radius 2 is 1.88 bits per heavy atom. The fourth-order valence-corrected chi connectivity index (χ4v) is 3.75. The molecule has 0 aromatic heterocycles. The minimum atomic E-state index is -0.273. The highest BCUT2D eigenvalue weighted by molar-refractivity contribution is 6.01. The Morgan fingerprint density at radius 1 is 1.16 bits per heavy atom. The molecule has 0 saturated carbocycles. The zero-order valence-electron chi connectivity index (χ0n) is 15.1. The summed E-state index contributed by atoms with van der Waals surface area (Å²) in [6.45, 7) is 6.06. The van der Waals surface area contributed by atoms with Gasteiger partial charge in [0.1, 0.15) is 6.54 Å². The van der Waals surface area contributed by atoms with Crippen molar-refractivity contribution in [2.24, 2.45) is 0 Å². The third-order valence-electron chi connectivity index (χ3n) is 5.05. The number of benzene rings is 1. The van der Waals surface area contributed by atoms with Gasteiger partial charge < -0.3 is 9.80 Å². The van der Waals surface area contributed by atoms with Crippen molar-refractivity contribution in [1.82, 2.24) is 14.7 Å². The zero-order valence-corrected chi connectivity index (χ0v) is 15.1. The molecule has 0 unspecified atom stereocenters.